The smallest absolute Gasteiger partial charge is 0.340 e. The molecule has 0 radical (unpaired) electrons. The summed E-state index contributed by atoms with van der Waals surface area (Å²) in [6.07, 6.45) is 6.68. The van der Waals surface area contributed by atoms with Gasteiger partial charge in [-0.05, 0) is 63.0 Å². The number of benzene rings is 1. The minimum atomic E-state index is -0.549. The zero-order valence-electron chi connectivity index (χ0n) is 16.4. The summed E-state index contributed by atoms with van der Waals surface area (Å²) < 4.78 is 5.01. The van der Waals surface area contributed by atoms with Gasteiger partial charge in [0.1, 0.15) is 11.6 Å². The van der Waals surface area contributed by atoms with Gasteiger partial charge in [-0.1, -0.05) is 18.6 Å². The van der Waals surface area contributed by atoms with Crippen LogP contribution in [0.4, 0.5) is 5.69 Å². The Balaban J connectivity index is 1.65. The van der Waals surface area contributed by atoms with Crippen LogP contribution in [-0.2, 0) is 9.53 Å². The molecule has 0 heterocycles. The average Bonchev–Trinajstić information content (AvgIpc) is 3.32. The molecular weight excluding hydrogens is 354 g/mol. The van der Waals surface area contributed by atoms with Gasteiger partial charge in [-0.3, -0.25) is 4.79 Å². The highest BCUT2D eigenvalue weighted by Gasteiger charge is 2.41. The van der Waals surface area contributed by atoms with Gasteiger partial charge in [0.15, 0.2) is 0 Å². The van der Waals surface area contributed by atoms with Crippen LogP contribution in [0.25, 0.3) is 0 Å². The van der Waals surface area contributed by atoms with Crippen molar-refractivity contribution in [3.05, 3.63) is 41.6 Å². The van der Waals surface area contributed by atoms with E-state index in [0.717, 1.165) is 11.8 Å². The number of para-hydroxylation sites is 1. The Labute approximate surface area is 165 Å². The molecule has 28 heavy (non-hydrogen) atoms. The van der Waals surface area contributed by atoms with E-state index in [0.29, 0.717) is 11.6 Å². The molecule has 0 aliphatic heterocycles. The van der Waals surface area contributed by atoms with Gasteiger partial charge in [-0.15, -0.1) is 0 Å². The molecule has 2 N–H and O–H groups in total. The van der Waals surface area contributed by atoms with Crippen LogP contribution in [0.1, 0.15) is 49.9 Å². The molecule has 6 nitrogen and oxygen atoms in total. The predicted octanol–water partition coefficient (Wildman–Crippen LogP) is 3.62. The van der Waals surface area contributed by atoms with Crippen molar-refractivity contribution in [3.8, 4) is 6.07 Å². The van der Waals surface area contributed by atoms with Gasteiger partial charge in [-0.25, -0.2) is 4.79 Å². The van der Waals surface area contributed by atoms with E-state index < -0.39 is 11.9 Å². The fourth-order valence-corrected chi connectivity index (χ4v) is 4.56. The van der Waals surface area contributed by atoms with E-state index in [1.807, 2.05) is 6.07 Å². The van der Waals surface area contributed by atoms with Crippen LogP contribution in [-0.4, -0.2) is 24.5 Å². The molecule has 2 aliphatic carbocycles. The second-order valence-electron chi connectivity index (χ2n) is 7.68. The predicted molar refractivity (Wildman–Crippen MR) is 106 cm³/mol. The lowest BCUT2D eigenvalue weighted by Gasteiger charge is -2.28. The first-order valence-corrected chi connectivity index (χ1v) is 9.97. The monoisotopic (exact) mass is 381 g/mol. The fraction of sp³-hybridized carbons (Fsp3) is 0.500. The Morgan fingerprint density at radius 2 is 2.11 bits per heavy atom. The third kappa shape index (κ3) is 4.36. The van der Waals surface area contributed by atoms with Crippen molar-refractivity contribution in [3.63, 3.8) is 0 Å². The van der Waals surface area contributed by atoms with Crippen molar-refractivity contribution in [2.75, 3.05) is 11.9 Å². The molecule has 2 fully saturated rings. The average molecular weight is 381 g/mol. The van der Waals surface area contributed by atoms with Crippen molar-refractivity contribution in [1.82, 2.24) is 5.32 Å². The number of carbonyl (C=O) groups is 2. The lowest BCUT2D eigenvalue weighted by molar-refractivity contribution is -0.112. The molecule has 2 bridgehead atoms. The topological polar surface area (TPSA) is 91.2 Å². The first-order valence-electron chi connectivity index (χ1n) is 9.97. The van der Waals surface area contributed by atoms with Crippen LogP contribution >= 0.6 is 0 Å². The number of hydrogen-bond donors (Lipinski definition) is 2. The van der Waals surface area contributed by atoms with Crippen LogP contribution < -0.4 is 10.6 Å². The highest BCUT2D eigenvalue weighted by atomic mass is 16.5. The normalized spacial score (nSPS) is 24.3. The quantitative estimate of drug-likeness (QED) is 0.428. The molecule has 148 valence electrons. The first kappa shape index (κ1) is 19.9. The Morgan fingerprint density at radius 3 is 2.75 bits per heavy atom. The number of fused-ring (bicyclic) bond motifs is 2. The standard InChI is InChI=1S/C22H27N3O3/c1-3-28-22(27)18-6-4-5-7-20(18)25-21(26)17(12-23)13-24-14(2)19-11-15-8-9-16(19)10-15/h4-7,13-16,19,24H,3,8-11H2,1-2H3,(H,25,26)/b17-13-. The second-order valence-corrected chi connectivity index (χ2v) is 7.68. The van der Waals surface area contributed by atoms with E-state index in [1.165, 1.54) is 31.9 Å². The molecule has 2 saturated carbocycles. The molecule has 3 rings (SSSR count). The molecular formula is C22H27N3O3. The largest absolute Gasteiger partial charge is 0.462 e. The molecule has 0 saturated heterocycles. The second kappa shape index (κ2) is 8.92. The van der Waals surface area contributed by atoms with Gasteiger partial charge >= 0.3 is 5.97 Å². The lowest BCUT2D eigenvalue weighted by atomic mass is 9.84. The Hall–Kier alpha value is -2.81. The van der Waals surface area contributed by atoms with E-state index in [2.05, 4.69) is 17.6 Å². The molecule has 6 heteroatoms. The molecule has 1 aromatic rings. The summed E-state index contributed by atoms with van der Waals surface area (Å²) in [7, 11) is 0. The summed E-state index contributed by atoms with van der Waals surface area (Å²) in [4.78, 5) is 24.6. The number of nitriles is 1. The third-order valence-corrected chi connectivity index (χ3v) is 5.96. The Bertz CT molecular complexity index is 811. The van der Waals surface area contributed by atoms with Crippen LogP contribution in [0.2, 0.25) is 0 Å². The first-order chi connectivity index (χ1) is 13.5. The Morgan fingerprint density at radius 1 is 1.32 bits per heavy atom. The highest BCUT2D eigenvalue weighted by Crippen LogP contribution is 2.49. The fourth-order valence-electron chi connectivity index (χ4n) is 4.56. The maximum Gasteiger partial charge on any atom is 0.340 e. The minimum Gasteiger partial charge on any atom is -0.462 e. The highest BCUT2D eigenvalue weighted by molar-refractivity contribution is 6.09. The van der Waals surface area contributed by atoms with E-state index in [9.17, 15) is 14.9 Å². The van der Waals surface area contributed by atoms with Crippen LogP contribution in [0, 0.1) is 29.1 Å². The van der Waals surface area contributed by atoms with Gasteiger partial charge in [0.25, 0.3) is 5.91 Å². The van der Waals surface area contributed by atoms with E-state index in [-0.39, 0.29) is 23.8 Å². The van der Waals surface area contributed by atoms with Crippen molar-refractivity contribution in [2.45, 2.75) is 45.6 Å². The molecule has 4 unspecified atom stereocenters. The molecule has 2 aliphatic rings. The van der Waals surface area contributed by atoms with Gasteiger partial charge < -0.3 is 15.4 Å². The zero-order valence-corrected chi connectivity index (χ0v) is 16.4. The summed E-state index contributed by atoms with van der Waals surface area (Å²) in [5.74, 6) is 1.15. The van der Waals surface area contributed by atoms with E-state index in [4.69, 9.17) is 4.74 Å². The van der Waals surface area contributed by atoms with Crippen molar-refractivity contribution in [1.29, 1.82) is 5.26 Å². The number of rotatable bonds is 7. The molecule has 0 aromatic heterocycles. The summed E-state index contributed by atoms with van der Waals surface area (Å²) in [6.45, 7) is 4.08. The zero-order chi connectivity index (χ0) is 20.1. The summed E-state index contributed by atoms with van der Waals surface area (Å²) in [6, 6.07) is 8.77. The van der Waals surface area contributed by atoms with Crippen LogP contribution in [0.15, 0.2) is 36.0 Å². The number of anilines is 1. The van der Waals surface area contributed by atoms with Crippen molar-refractivity contribution < 1.29 is 14.3 Å². The minimum absolute atomic E-state index is 0.0198. The summed E-state index contributed by atoms with van der Waals surface area (Å²) in [5.41, 5.74) is 0.570. The number of nitrogens with one attached hydrogen (secondary N) is 2. The maximum absolute atomic E-state index is 12.5. The summed E-state index contributed by atoms with van der Waals surface area (Å²) >= 11 is 0. The molecule has 0 spiro atoms. The Kier molecular flexibility index (Phi) is 6.35. The number of carbonyl (C=O) groups excluding carboxylic acids is 2. The number of ether oxygens (including phenoxy) is 1. The lowest BCUT2D eigenvalue weighted by Crippen LogP contribution is -2.34. The van der Waals surface area contributed by atoms with Crippen molar-refractivity contribution in [2.24, 2.45) is 17.8 Å². The maximum atomic E-state index is 12.5. The number of amides is 1. The van der Waals surface area contributed by atoms with Gasteiger partial charge in [-0.2, -0.15) is 5.26 Å². The molecule has 1 amide bonds. The third-order valence-electron chi connectivity index (χ3n) is 5.96. The molecule has 1 aromatic carbocycles. The van der Waals surface area contributed by atoms with Gasteiger partial charge in [0, 0.05) is 12.2 Å². The number of esters is 1. The van der Waals surface area contributed by atoms with Gasteiger partial charge in [0.05, 0.1) is 17.9 Å². The van der Waals surface area contributed by atoms with Crippen LogP contribution in [0.5, 0.6) is 0 Å². The SMILES string of the molecule is CCOC(=O)c1ccccc1NC(=O)/C(C#N)=C\NC(C)C1CC2CCC1C2. The summed E-state index contributed by atoms with van der Waals surface area (Å²) in [5, 5.41) is 15.3. The van der Waals surface area contributed by atoms with E-state index in [1.54, 1.807) is 31.2 Å². The van der Waals surface area contributed by atoms with Crippen molar-refractivity contribution >= 4 is 17.6 Å². The van der Waals surface area contributed by atoms with Crippen LogP contribution in [0.3, 0.4) is 0 Å². The van der Waals surface area contributed by atoms with Gasteiger partial charge in [0.2, 0.25) is 0 Å². The number of hydrogen-bond acceptors (Lipinski definition) is 5. The van der Waals surface area contributed by atoms with E-state index >= 15 is 0 Å². The number of nitrogens with zero attached hydrogens (tertiary/aromatic N) is 1. The molecule has 4 atom stereocenters.